The lowest BCUT2D eigenvalue weighted by molar-refractivity contribution is 0.00414. The van der Waals surface area contributed by atoms with Crippen LogP contribution < -0.4 is 0 Å². The minimum Gasteiger partial charge on any atom is -0.448 e. The number of hydrogen-bond donors (Lipinski definition) is 1. The summed E-state index contributed by atoms with van der Waals surface area (Å²) >= 11 is 0. The highest BCUT2D eigenvalue weighted by Crippen LogP contribution is 2.38. The van der Waals surface area contributed by atoms with E-state index < -0.39 is 0 Å². The number of carbonyl (C=O) groups excluding carboxylic acids is 1. The van der Waals surface area contributed by atoms with Crippen molar-refractivity contribution in [2.45, 2.75) is 24.8 Å². The summed E-state index contributed by atoms with van der Waals surface area (Å²) in [4.78, 5) is 12.8. The van der Waals surface area contributed by atoms with Gasteiger partial charge in [0.2, 0.25) is 0 Å². The Morgan fingerprint density at radius 1 is 1.58 bits per heavy atom. The first kappa shape index (κ1) is 7.86. The van der Waals surface area contributed by atoms with Crippen LogP contribution in [-0.4, -0.2) is 41.4 Å². The molecule has 0 aromatic rings. The molecular weight excluding hydrogens is 158 g/mol. The van der Waals surface area contributed by atoms with Crippen molar-refractivity contribution in [1.82, 2.24) is 4.90 Å². The summed E-state index contributed by atoms with van der Waals surface area (Å²) in [6.07, 6.45) is 2.67. The first-order valence-corrected chi connectivity index (χ1v) is 4.34. The molecule has 2 fully saturated rings. The molecule has 12 heavy (non-hydrogen) atoms. The number of ether oxygens (including phenoxy) is 1. The molecule has 0 radical (unpaired) electrons. The van der Waals surface area contributed by atoms with Crippen molar-refractivity contribution >= 4 is 6.09 Å². The number of aliphatic hydroxyl groups excluding tert-OH is 1. The largest absolute Gasteiger partial charge is 0.448 e. The zero-order chi connectivity index (χ0) is 8.60. The fourth-order valence-electron chi connectivity index (χ4n) is 1.92. The second kappa shape index (κ2) is 2.62. The third kappa shape index (κ3) is 0.909. The summed E-state index contributed by atoms with van der Waals surface area (Å²) in [6.45, 7) is 1.18. The van der Waals surface area contributed by atoms with Crippen LogP contribution in [0.25, 0.3) is 0 Å². The highest BCUT2D eigenvalue weighted by atomic mass is 16.6. The summed E-state index contributed by atoms with van der Waals surface area (Å²) in [5, 5.41) is 9.17. The number of cyclic esters (lactones) is 1. The molecule has 68 valence electrons. The molecule has 0 bridgehead atoms. The Morgan fingerprint density at radius 3 is 2.67 bits per heavy atom. The normalized spacial score (nSPS) is 26.8. The third-order valence-electron chi connectivity index (χ3n) is 2.91. The van der Waals surface area contributed by atoms with Crippen molar-refractivity contribution in [3.8, 4) is 0 Å². The second-order valence-electron chi connectivity index (χ2n) is 3.50. The number of hydrogen-bond acceptors (Lipinski definition) is 3. The molecule has 1 saturated heterocycles. The van der Waals surface area contributed by atoms with Crippen LogP contribution in [-0.2, 0) is 4.74 Å². The molecule has 1 amide bonds. The average Bonchev–Trinajstić information content (AvgIpc) is 2.36. The summed E-state index contributed by atoms with van der Waals surface area (Å²) in [5.74, 6) is 0. The predicted octanol–water partition coefficient (Wildman–Crippen LogP) is 0.354. The van der Waals surface area contributed by atoms with Gasteiger partial charge in [0.15, 0.2) is 0 Å². The van der Waals surface area contributed by atoms with Crippen LogP contribution in [0.1, 0.15) is 19.3 Å². The lowest BCUT2D eigenvalue weighted by Gasteiger charge is -2.45. The van der Waals surface area contributed by atoms with E-state index in [4.69, 9.17) is 9.84 Å². The van der Waals surface area contributed by atoms with Gasteiger partial charge in [-0.2, -0.15) is 0 Å². The summed E-state index contributed by atoms with van der Waals surface area (Å²) < 4.78 is 4.83. The maximum Gasteiger partial charge on any atom is 0.410 e. The van der Waals surface area contributed by atoms with E-state index in [1.165, 1.54) is 0 Å². The minimum absolute atomic E-state index is 0.0715. The Balaban J connectivity index is 2.10. The van der Waals surface area contributed by atoms with E-state index in [1.54, 1.807) is 4.90 Å². The SMILES string of the molecule is O=C1OCCN1C1(CO)CCC1. The minimum atomic E-state index is -0.270. The topological polar surface area (TPSA) is 49.8 Å². The maximum atomic E-state index is 11.2. The van der Waals surface area contributed by atoms with Crippen molar-refractivity contribution in [2.24, 2.45) is 0 Å². The van der Waals surface area contributed by atoms with Crippen LogP contribution in [0.2, 0.25) is 0 Å². The van der Waals surface area contributed by atoms with E-state index in [1.807, 2.05) is 0 Å². The molecule has 0 spiro atoms. The lowest BCUT2D eigenvalue weighted by Crippen LogP contribution is -2.56. The van der Waals surface area contributed by atoms with E-state index in [0.29, 0.717) is 13.2 Å². The Bertz CT molecular complexity index is 195. The van der Waals surface area contributed by atoms with Crippen LogP contribution >= 0.6 is 0 Å². The molecule has 1 heterocycles. The zero-order valence-corrected chi connectivity index (χ0v) is 6.95. The van der Waals surface area contributed by atoms with Crippen molar-refractivity contribution in [3.63, 3.8) is 0 Å². The monoisotopic (exact) mass is 171 g/mol. The van der Waals surface area contributed by atoms with Gasteiger partial charge in [-0.15, -0.1) is 0 Å². The Morgan fingerprint density at radius 2 is 2.33 bits per heavy atom. The van der Waals surface area contributed by atoms with Crippen molar-refractivity contribution in [2.75, 3.05) is 19.8 Å². The van der Waals surface area contributed by atoms with Gasteiger partial charge in [-0.1, -0.05) is 0 Å². The second-order valence-corrected chi connectivity index (χ2v) is 3.50. The maximum absolute atomic E-state index is 11.2. The predicted molar refractivity (Wildman–Crippen MR) is 41.7 cm³/mol. The van der Waals surface area contributed by atoms with E-state index in [9.17, 15) is 4.79 Å². The van der Waals surface area contributed by atoms with E-state index in [-0.39, 0.29) is 18.2 Å². The summed E-state index contributed by atoms with van der Waals surface area (Å²) in [6, 6.07) is 0. The Hall–Kier alpha value is -0.770. The first-order chi connectivity index (χ1) is 5.78. The first-order valence-electron chi connectivity index (χ1n) is 4.34. The van der Waals surface area contributed by atoms with E-state index in [0.717, 1.165) is 19.3 Å². The zero-order valence-electron chi connectivity index (χ0n) is 6.95. The van der Waals surface area contributed by atoms with Gasteiger partial charge < -0.3 is 9.84 Å². The fourth-order valence-corrected chi connectivity index (χ4v) is 1.92. The summed E-state index contributed by atoms with van der Waals surface area (Å²) in [5.41, 5.74) is -0.270. The van der Waals surface area contributed by atoms with Crippen LogP contribution in [0.4, 0.5) is 4.79 Å². The van der Waals surface area contributed by atoms with Crippen molar-refractivity contribution in [1.29, 1.82) is 0 Å². The molecule has 1 aliphatic carbocycles. The molecule has 2 aliphatic rings. The van der Waals surface area contributed by atoms with Gasteiger partial charge in [-0.25, -0.2) is 4.79 Å². The van der Waals surface area contributed by atoms with Crippen LogP contribution in [0.3, 0.4) is 0 Å². The van der Waals surface area contributed by atoms with Gasteiger partial charge in [0.05, 0.1) is 18.7 Å². The molecule has 4 heteroatoms. The molecular formula is C8H13NO3. The summed E-state index contributed by atoms with van der Waals surface area (Å²) in [7, 11) is 0. The van der Waals surface area contributed by atoms with Gasteiger partial charge >= 0.3 is 6.09 Å². The van der Waals surface area contributed by atoms with E-state index >= 15 is 0 Å². The molecule has 0 atom stereocenters. The Kier molecular flexibility index (Phi) is 1.72. The number of aliphatic hydroxyl groups is 1. The molecule has 0 aromatic carbocycles. The van der Waals surface area contributed by atoms with Crippen LogP contribution in [0.15, 0.2) is 0 Å². The fraction of sp³-hybridized carbons (Fsp3) is 0.875. The van der Waals surface area contributed by atoms with Gasteiger partial charge in [0.25, 0.3) is 0 Å². The third-order valence-corrected chi connectivity index (χ3v) is 2.91. The van der Waals surface area contributed by atoms with Crippen LogP contribution in [0.5, 0.6) is 0 Å². The lowest BCUT2D eigenvalue weighted by atomic mass is 9.76. The van der Waals surface area contributed by atoms with Crippen molar-refractivity contribution < 1.29 is 14.6 Å². The van der Waals surface area contributed by atoms with E-state index in [2.05, 4.69) is 0 Å². The number of carbonyl (C=O) groups is 1. The highest BCUT2D eigenvalue weighted by Gasteiger charge is 2.46. The average molecular weight is 171 g/mol. The quantitative estimate of drug-likeness (QED) is 0.652. The molecule has 1 N–H and O–H groups in total. The molecule has 0 aromatic heterocycles. The van der Waals surface area contributed by atoms with Gasteiger partial charge in [0.1, 0.15) is 6.61 Å². The molecule has 2 rings (SSSR count). The number of amides is 1. The standard InChI is InChI=1S/C8H13NO3/c10-6-8(2-1-3-8)9-4-5-12-7(9)11/h10H,1-6H2. The smallest absolute Gasteiger partial charge is 0.410 e. The van der Waals surface area contributed by atoms with Gasteiger partial charge in [-0.05, 0) is 19.3 Å². The van der Waals surface area contributed by atoms with Crippen molar-refractivity contribution in [3.05, 3.63) is 0 Å². The van der Waals surface area contributed by atoms with Gasteiger partial charge in [-0.3, -0.25) is 4.90 Å². The number of nitrogens with zero attached hydrogens (tertiary/aromatic N) is 1. The highest BCUT2D eigenvalue weighted by molar-refractivity contribution is 5.70. The molecule has 4 nitrogen and oxygen atoms in total. The van der Waals surface area contributed by atoms with Crippen LogP contribution in [0, 0.1) is 0 Å². The molecule has 0 unspecified atom stereocenters. The number of rotatable bonds is 2. The van der Waals surface area contributed by atoms with Gasteiger partial charge in [0, 0.05) is 0 Å². The molecule has 1 aliphatic heterocycles. The Labute approximate surface area is 71.1 Å². The molecule has 1 saturated carbocycles.